The number of hydrogen-bond donors (Lipinski definition) is 1. The molecular formula is C16H23NO4. The normalized spacial score (nSPS) is 18.2. The lowest BCUT2D eigenvalue weighted by Crippen LogP contribution is -2.35. The summed E-state index contributed by atoms with van der Waals surface area (Å²) in [6.07, 6.45) is 1.07. The molecule has 2 rings (SSSR count). The summed E-state index contributed by atoms with van der Waals surface area (Å²) in [4.78, 5) is 12.9. The Labute approximate surface area is 125 Å². The molecule has 1 aliphatic heterocycles. The van der Waals surface area contributed by atoms with Gasteiger partial charge in [0, 0.05) is 24.1 Å². The number of carbonyl (C=O) groups is 1. The van der Waals surface area contributed by atoms with Gasteiger partial charge in [0.1, 0.15) is 23.6 Å². The van der Waals surface area contributed by atoms with Crippen LogP contribution >= 0.6 is 0 Å². The quantitative estimate of drug-likeness (QED) is 0.872. The van der Waals surface area contributed by atoms with Crippen molar-refractivity contribution in [2.45, 2.75) is 45.9 Å². The number of rotatable bonds is 6. The summed E-state index contributed by atoms with van der Waals surface area (Å²) in [6.45, 7) is 6.75. The summed E-state index contributed by atoms with van der Waals surface area (Å²) in [5, 5.41) is 9.10. The molecule has 0 aromatic heterocycles. The molecule has 1 aromatic carbocycles. The van der Waals surface area contributed by atoms with Crippen molar-refractivity contribution in [3.05, 3.63) is 23.3 Å². The van der Waals surface area contributed by atoms with E-state index in [1.807, 2.05) is 26.0 Å². The summed E-state index contributed by atoms with van der Waals surface area (Å²) in [5.41, 5.74) is 2.11. The maximum atomic E-state index is 11.1. The Bertz CT molecular complexity index is 529. The fourth-order valence-electron chi connectivity index (χ4n) is 2.49. The molecule has 5 heteroatoms. The largest absolute Gasteiger partial charge is 0.494 e. The third-order valence-electron chi connectivity index (χ3n) is 3.82. The van der Waals surface area contributed by atoms with E-state index < -0.39 is 12.0 Å². The van der Waals surface area contributed by atoms with Crippen LogP contribution in [-0.4, -0.2) is 41.8 Å². The van der Waals surface area contributed by atoms with E-state index in [1.165, 1.54) is 0 Å². The van der Waals surface area contributed by atoms with Crippen LogP contribution in [0.1, 0.15) is 31.9 Å². The van der Waals surface area contributed by atoms with Crippen LogP contribution in [-0.2, 0) is 17.8 Å². The van der Waals surface area contributed by atoms with Crippen molar-refractivity contribution in [3.63, 3.8) is 0 Å². The minimum Gasteiger partial charge on any atom is -0.494 e. The summed E-state index contributed by atoms with van der Waals surface area (Å²) < 4.78 is 11.5. The number of ether oxygens (including phenoxy) is 2. The predicted molar refractivity (Wildman–Crippen MR) is 80.0 cm³/mol. The Morgan fingerprint density at radius 2 is 2.29 bits per heavy atom. The minimum atomic E-state index is -0.832. The van der Waals surface area contributed by atoms with Gasteiger partial charge in [0.15, 0.2) is 0 Å². The first-order chi connectivity index (χ1) is 9.92. The molecule has 2 atom stereocenters. The molecule has 1 heterocycles. The van der Waals surface area contributed by atoms with Crippen LogP contribution in [0.15, 0.2) is 12.1 Å². The second-order valence-electron chi connectivity index (χ2n) is 5.56. The third-order valence-corrected chi connectivity index (χ3v) is 3.82. The Morgan fingerprint density at radius 3 is 2.90 bits per heavy atom. The molecule has 1 N–H and O–H groups in total. The fraction of sp³-hybridized carbons (Fsp3) is 0.562. The lowest BCUT2D eigenvalue weighted by atomic mass is 10.1. The summed E-state index contributed by atoms with van der Waals surface area (Å²) >= 11 is 0. The third kappa shape index (κ3) is 3.47. The van der Waals surface area contributed by atoms with Crippen LogP contribution in [0.25, 0.3) is 0 Å². The predicted octanol–water partition coefficient (Wildman–Crippen LogP) is 2.31. The van der Waals surface area contributed by atoms with Gasteiger partial charge in [-0.2, -0.15) is 0 Å². The molecule has 0 saturated carbocycles. The highest BCUT2D eigenvalue weighted by atomic mass is 16.5. The highest BCUT2D eigenvalue weighted by molar-refractivity contribution is 5.72. The molecule has 116 valence electrons. The van der Waals surface area contributed by atoms with Gasteiger partial charge in [-0.1, -0.05) is 0 Å². The molecular weight excluding hydrogens is 270 g/mol. The number of carboxylic acid groups (broad SMARTS) is 1. The monoisotopic (exact) mass is 293 g/mol. The smallest absolute Gasteiger partial charge is 0.320 e. The van der Waals surface area contributed by atoms with E-state index >= 15 is 0 Å². The summed E-state index contributed by atoms with van der Waals surface area (Å²) in [5.74, 6) is 0.872. The van der Waals surface area contributed by atoms with Crippen LogP contribution in [0.5, 0.6) is 11.5 Å². The second-order valence-corrected chi connectivity index (χ2v) is 5.56. The second kappa shape index (κ2) is 6.35. The zero-order valence-corrected chi connectivity index (χ0v) is 13.0. The van der Waals surface area contributed by atoms with Gasteiger partial charge in [0.25, 0.3) is 0 Å². The average Bonchev–Trinajstić information content (AvgIpc) is 2.77. The summed E-state index contributed by atoms with van der Waals surface area (Å²) in [7, 11) is 1.80. The highest BCUT2D eigenvalue weighted by Gasteiger charge is 2.24. The number of nitrogens with zero attached hydrogens (tertiary/aromatic N) is 1. The van der Waals surface area contributed by atoms with Crippen LogP contribution in [0, 0.1) is 0 Å². The molecule has 1 aromatic rings. The molecule has 1 aliphatic rings. The van der Waals surface area contributed by atoms with E-state index in [0.717, 1.165) is 29.0 Å². The van der Waals surface area contributed by atoms with Crippen molar-refractivity contribution in [2.75, 3.05) is 13.7 Å². The molecule has 0 bridgehead atoms. The zero-order chi connectivity index (χ0) is 15.6. The maximum absolute atomic E-state index is 11.1. The van der Waals surface area contributed by atoms with Crippen molar-refractivity contribution in [1.82, 2.24) is 4.90 Å². The van der Waals surface area contributed by atoms with Gasteiger partial charge in [-0.15, -0.1) is 0 Å². The van der Waals surface area contributed by atoms with Crippen LogP contribution in [0.2, 0.25) is 0 Å². The van der Waals surface area contributed by atoms with E-state index in [2.05, 4.69) is 0 Å². The molecule has 21 heavy (non-hydrogen) atoms. The SMILES string of the molecule is CCOc1cc2c(cc1CN(C)[C@H](C)C(=O)O)O[C@@H](C)C2. The molecule has 5 nitrogen and oxygen atoms in total. The Kier molecular flexibility index (Phi) is 4.73. The number of likely N-dealkylation sites (N-methyl/N-ethyl adjacent to an activating group) is 1. The molecule has 0 saturated heterocycles. The Morgan fingerprint density at radius 1 is 1.57 bits per heavy atom. The van der Waals surface area contributed by atoms with Crippen molar-refractivity contribution < 1.29 is 19.4 Å². The van der Waals surface area contributed by atoms with Crippen molar-refractivity contribution in [2.24, 2.45) is 0 Å². The van der Waals surface area contributed by atoms with Gasteiger partial charge in [-0.05, 0) is 40.0 Å². The number of aliphatic carboxylic acids is 1. The first-order valence-corrected chi connectivity index (χ1v) is 7.30. The van der Waals surface area contributed by atoms with Crippen molar-refractivity contribution in [3.8, 4) is 11.5 Å². The van der Waals surface area contributed by atoms with Gasteiger partial charge < -0.3 is 14.6 Å². The first kappa shape index (κ1) is 15.6. The lowest BCUT2D eigenvalue weighted by Gasteiger charge is -2.23. The molecule has 0 fully saturated rings. The van der Waals surface area contributed by atoms with E-state index in [1.54, 1.807) is 18.9 Å². The van der Waals surface area contributed by atoms with Crippen LogP contribution in [0.4, 0.5) is 0 Å². The van der Waals surface area contributed by atoms with Gasteiger partial charge in [-0.3, -0.25) is 9.69 Å². The Balaban J connectivity index is 2.25. The standard InChI is InChI=1S/C16H23NO4/c1-5-20-14-7-12-6-10(2)21-15(12)8-13(14)9-17(4)11(3)16(18)19/h7-8,10-11H,5-6,9H2,1-4H3,(H,18,19)/t10-,11+/m0/s1. The molecule has 0 spiro atoms. The van der Waals surface area contributed by atoms with E-state index in [9.17, 15) is 4.79 Å². The molecule has 0 aliphatic carbocycles. The van der Waals surface area contributed by atoms with E-state index in [0.29, 0.717) is 13.2 Å². The van der Waals surface area contributed by atoms with Crippen molar-refractivity contribution in [1.29, 1.82) is 0 Å². The van der Waals surface area contributed by atoms with E-state index in [-0.39, 0.29) is 6.10 Å². The maximum Gasteiger partial charge on any atom is 0.320 e. The minimum absolute atomic E-state index is 0.181. The summed E-state index contributed by atoms with van der Waals surface area (Å²) in [6, 6.07) is 3.46. The number of benzene rings is 1. The first-order valence-electron chi connectivity index (χ1n) is 7.30. The Hall–Kier alpha value is -1.75. The fourth-order valence-corrected chi connectivity index (χ4v) is 2.49. The van der Waals surface area contributed by atoms with Crippen LogP contribution in [0.3, 0.4) is 0 Å². The molecule has 0 radical (unpaired) electrons. The van der Waals surface area contributed by atoms with Crippen LogP contribution < -0.4 is 9.47 Å². The number of carboxylic acids is 1. The van der Waals surface area contributed by atoms with Gasteiger partial charge >= 0.3 is 5.97 Å². The average molecular weight is 293 g/mol. The molecule has 0 amide bonds. The van der Waals surface area contributed by atoms with Gasteiger partial charge in [0.2, 0.25) is 0 Å². The van der Waals surface area contributed by atoms with E-state index in [4.69, 9.17) is 14.6 Å². The lowest BCUT2D eigenvalue weighted by molar-refractivity contribution is -0.142. The van der Waals surface area contributed by atoms with Gasteiger partial charge in [-0.25, -0.2) is 0 Å². The topological polar surface area (TPSA) is 59.0 Å². The zero-order valence-electron chi connectivity index (χ0n) is 13.0. The highest BCUT2D eigenvalue weighted by Crippen LogP contribution is 2.35. The number of hydrogen-bond acceptors (Lipinski definition) is 4. The van der Waals surface area contributed by atoms with Crippen molar-refractivity contribution >= 4 is 5.97 Å². The number of fused-ring (bicyclic) bond motifs is 1. The van der Waals surface area contributed by atoms with Gasteiger partial charge in [0.05, 0.1) is 6.61 Å². The molecule has 0 unspecified atom stereocenters.